The minimum Gasteiger partial charge on any atom is -0.306 e. The highest BCUT2D eigenvalue weighted by Gasteiger charge is 2.31. The number of rotatable bonds is 3. The zero-order chi connectivity index (χ0) is 13.2. The van der Waals surface area contributed by atoms with Crippen LogP contribution < -0.4 is 10.2 Å². The Morgan fingerprint density at radius 2 is 2.21 bits per heavy atom. The first-order valence-corrected chi connectivity index (χ1v) is 8.14. The zero-order valence-electron chi connectivity index (χ0n) is 11.4. The van der Waals surface area contributed by atoms with Gasteiger partial charge in [-0.25, -0.2) is 4.98 Å². The molecule has 3 rings (SSSR count). The highest BCUT2D eigenvalue weighted by molar-refractivity contribution is 7.16. The molecule has 0 bridgehead atoms. The predicted molar refractivity (Wildman–Crippen MR) is 77.8 cm³/mol. The molecule has 2 aliphatic rings. The molecule has 1 saturated heterocycles. The lowest BCUT2D eigenvalue weighted by molar-refractivity contribution is -0.121. The lowest BCUT2D eigenvalue weighted by Gasteiger charge is -2.30. The van der Waals surface area contributed by atoms with E-state index >= 15 is 0 Å². The summed E-state index contributed by atoms with van der Waals surface area (Å²) < 4.78 is 0. The van der Waals surface area contributed by atoms with E-state index in [2.05, 4.69) is 5.32 Å². The van der Waals surface area contributed by atoms with Gasteiger partial charge < -0.3 is 5.32 Å². The van der Waals surface area contributed by atoms with Crippen LogP contribution in [0.15, 0.2) is 0 Å². The molecule has 19 heavy (non-hydrogen) atoms. The number of nitrogens with zero attached hydrogens (tertiary/aromatic N) is 2. The number of carbonyl (C=O) groups is 1. The van der Waals surface area contributed by atoms with Gasteiger partial charge in [0.25, 0.3) is 0 Å². The molecule has 1 atom stereocenters. The third-order valence-electron chi connectivity index (χ3n) is 3.95. The van der Waals surface area contributed by atoms with Crippen molar-refractivity contribution < 1.29 is 4.79 Å². The summed E-state index contributed by atoms with van der Waals surface area (Å²) in [4.78, 5) is 20.5. The van der Waals surface area contributed by atoms with Crippen LogP contribution in [-0.4, -0.2) is 30.0 Å². The van der Waals surface area contributed by atoms with Crippen molar-refractivity contribution in [3.05, 3.63) is 10.6 Å². The second kappa shape index (κ2) is 5.59. The van der Waals surface area contributed by atoms with E-state index in [4.69, 9.17) is 4.98 Å². The van der Waals surface area contributed by atoms with Crippen LogP contribution in [0.3, 0.4) is 0 Å². The maximum atomic E-state index is 12.5. The third-order valence-corrected chi connectivity index (χ3v) is 5.13. The number of aryl methyl sites for hydroxylation is 2. The molecule has 1 aliphatic carbocycles. The van der Waals surface area contributed by atoms with Gasteiger partial charge >= 0.3 is 0 Å². The molecule has 104 valence electrons. The van der Waals surface area contributed by atoms with Crippen molar-refractivity contribution in [2.45, 2.75) is 51.5 Å². The van der Waals surface area contributed by atoms with E-state index in [1.165, 1.54) is 23.4 Å². The number of amides is 1. The van der Waals surface area contributed by atoms with Gasteiger partial charge in [-0.2, -0.15) is 0 Å². The smallest absolute Gasteiger partial charge is 0.245 e. The SMILES string of the molecule is CCNC1CCCN(c2nc3c(s2)CCCC3)C1=O. The summed E-state index contributed by atoms with van der Waals surface area (Å²) in [6.45, 7) is 3.72. The molecule has 1 N–H and O–H groups in total. The number of piperidine rings is 1. The van der Waals surface area contributed by atoms with Crippen molar-refractivity contribution in [3.8, 4) is 0 Å². The quantitative estimate of drug-likeness (QED) is 0.922. The molecule has 1 aliphatic heterocycles. The first-order chi connectivity index (χ1) is 9.29. The van der Waals surface area contributed by atoms with Crippen molar-refractivity contribution in [3.63, 3.8) is 0 Å². The van der Waals surface area contributed by atoms with Crippen LogP contribution >= 0.6 is 11.3 Å². The average molecular weight is 279 g/mol. The molecule has 0 aromatic carbocycles. The van der Waals surface area contributed by atoms with Crippen molar-refractivity contribution in [2.75, 3.05) is 18.0 Å². The van der Waals surface area contributed by atoms with Crippen molar-refractivity contribution in [2.24, 2.45) is 0 Å². The minimum atomic E-state index is -0.0142. The number of anilines is 1. The van der Waals surface area contributed by atoms with Gasteiger partial charge in [0, 0.05) is 11.4 Å². The lowest BCUT2D eigenvalue weighted by atomic mass is 10.0. The standard InChI is InChI=1S/C14H21N3OS/c1-2-15-11-7-5-9-17(13(11)18)14-16-10-6-3-4-8-12(10)19-14/h11,15H,2-9H2,1H3. The van der Waals surface area contributed by atoms with E-state index in [-0.39, 0.29) is 11.9 Å². The number of likely N-dealkylation sites (N-methyl/N-ethyl adjacent to an activating group) is 1. The van der Waals surface area contributed by atoms with Gasteiger partial charge in [0.15, 0.2) is 5.13 Å². The Bertz CT molecular complexity index is 446. The summed E-state index contributed by atoms with van der Waals surface area (Å²) in [6, 6.07) is -0.0142. The Labute approximate surface area is 118 Å². The first kappa shape index (κ1) is 13.1. The van der Waals surface area contributed by atoms with Crippen molar-refractivity contribution in [1.29, 1.82) is 0 Å². The van der Waals surface area contributed by atoms with Gasteiger partial charge in [0.2, 0.25) is 5.91 Å². The van der Waals surface area contributed by atoms with Crippen LogP contribution in [0.1, 0.15) is 43.2 Å². The highest BCUT2D eigenvalue weighted by atomic mass is 32.1. The van der Waals surface area contributed by atoms with Gasteiger partial charge in [-0.3, -0.25) is 9.69 Å². The predicted octanol–water partition coefficient (Wildman–Crippen LogP) is 2.13. The Hall–Kier alpha value is -0.940. The third kappa shape index (κ3) is 2.54. The van der Waals surface area contributed by atoms with Crippen LogP contribution in [0.4, 0.5) is 5.13 Å². The summed E-state index contributed by atoms with van der Waals surface area (Å²) in [5.41, 5.74) is 1.24. The molecule has 2 heterocycles. The van der Waals surface area contributed by atoms with E-state index in [0.717, 1.165) is 43.9 Å². The summed E-state index contributed by atoms with van der Waals surface area (Å²) >= 11 is 1.73. The molecule has 0 radical (unpaired) electrons. The van der Waals surface area contributed by atoms with Crippen LogP contribution in [0.5, 0.6) is 0 Å². The average Bonchev–Trinajstić information content (AvgIpc) is 2.85. The van der Waals surface area contributed by atoms with Crippen molar-refractivity contribution >= 4 is 22.4 Å². The molecule has 0 saturated carbocycles. The molecule has 4 nitrogen and oxygen atoms in total. The number of hydrogen-bond donors (Lipinski definition) is 1. The van der Waals surface area contributed by atoms with Gasteiger partial charge in [-0.15, -0.1) is 11.3 Å². The Morgan fingerprint density at radius 1 is 1.37 bits per heavy atom. The molecule has 0 spiro atoms. The maximum absolute atomic E-state index is 12.5. The number of thiazole rings is 1. The summed E-state index contributed by atoms with van der Waals surface area (Å²) in [5, 5.41) is 4.21. The van der Waals surface area contributed by atoms with Crippen LogP contribution in [0, 0.1) is 0 Å². The first-order valence-electron chi connectivity index (χ1n) is 7.33. The van der Waals surface area contributed by atoms with Gasteiger partial charge in [-0.05, 0) is 45.1 Å². The fourth-order valence-electron chi connectivity index (χ4n) is 2.95. The fourth-order valence-corrected chi connectivity index (χ4v) is 4.13. The second-order valence-electron chi connectivity index (χ2n) is 5.32. The molecule has 1 aromatic heterocycles. The Morgan fingerprint density at radius 3 is 3.00 bits per heavy atom. The molecular formula is C14H21N3OS. The summed E-state index contributed by atoms with van der Waals surface area (Å²) in [7, 11) is 0. The lowest BCUT2D eigenvalue weighted by Crippen LogP contribution is -2.50. The molecule has 1 unspecified atom stereocenters. The van der Waals surface area contributed by atoms with Gasteiger partial charge in [-0.1, -0.05) is 6.92 Å². The van der Waals surface area contributed by atoms with Gasteiger partial charge in [0.05, 0.1) is 11.7 Å². The molecule has 1 fully saturated rings. The molecule has 1 aromatic rings. The fraction of sp³-hybridized carbons (Fsp3) is 0.714. The Kier molecular flexibility index (Phi) is 3.84. The minimum absolute atomic E-state index is 0.0142. The maximum Gasteiger partial charge on any atom is 0.245 e. The summed E-state index contributed by atoms with van der Waals surface area (Å²) in [6.07, 6.45) is 6.75. The van der Waals surface area contributed by atoms with E-state index in [9.17, 15) is 4.79 Å². The van der Waals surface area contributed by atoms with Crippen molar-refractivity contribution in [1.82, 2.24) is 10.3 Å². The number of aromatic nitrogens is 1. The molecular weight excluding hydrogens is 258 g/mol. The Balaban J connectivity index is 1.80. The molecule has 5 heteroatoms. The van der Waals surface area contributed by atoms with Crippen LogP contribution in [0.2, 0.25) is 0 Å². The summed E-state index contributed by atoms with van der Waals surface area (Å²) in [5.74, 6) is 0.208. The molecule has 1 amide bonds. The van der Waals surface area contributed by atoms with Crippen LogP contribution in [-0.2, 0) is 17.6 Å². The van der Waals surface area contributed by atoms with E-state index in [1.54, 1.807) is 11.3 Å². The number of carbonyl (C=O) groups excluding carboxylic acids is 1. The number of nitrogens with one attached hydrogen (secondary N) is 1. The van der Waals surface area contributed by atoms with Crippen LogP contribution in [0.25, 0.3) is 0 Å². The van der Waals surface area contributed by atoms with E-state index in [1.807, 2.05) is 11.8 Å². The normalized spacial score (nSPS) is 23.5. The number of fused-ring (bicyclic) bond motifs is 1. The second-order valence-corrected chi connectivity index (χ2v) is 6.38. The van der Waals surface area contributed by atoms with Gasteiger partial charge in [0.1, 0.15) is 0 Å². The highest BCUT2D eigenvalue weighted by Crippen LogP contribution is 2.33. The number of hydrogen-bond acceptors (Lipinski definition) is 4. The van der Waals surface area contributed by atoms with E-state index in [0.29, 0.717) is 0 Å². The monoisotopic (exact) mass is 279 g/mol. The van der Waals surface area contributed by atoms with E-state index < -0.39 is 0 Å². The largest absolute Gasteiger partial charge is 0.306 e. The topological polar surface area (TPSA) is 45.2 Å². The zero-order valence-corrected chi connectivity index (χ0v) is 12.3.